The average molecular weight is 365 g/mol. The Bertz CT molecular complexity index is 822. The molecule has 25 heavy (non-hydrogen) atoms. The van der Waals surface area contributed by atoms with Crippen molar-refractivity contribution in [2.45, 2.75) is 26.9 Å². The van der Waals surface area contributed by atoms with Crippen molar-refractivity contribution in [2.24, 2.45) is 4.99 Å². The lowest BCUT2D eigenvalue weighted by Gasteiger charge is -2.12. The second kappa shape index (κ2) is 8.02. The van der Waals surface area contributed by atoms with Gasteiger partial charge in [0, 0.05) is 31.4 Å². The largest absolute Gasteiger partial charge is 0.361 e. The van der Waals surface area contributed by atoms with E-state index in [0.29, 0.717) is 24.7 Å². The molecule has 2 aromatic rings. The lowest BCUT2D eigenvalue weighted by atomic mass is 10.2. The van der Waals surface area contributed by atoms with Gasteiger partial charge in [-0.25, -0.2) is 8.42 Å². The van der Waals surface area contributed by atoms with E-state index in [1.807, 2.05) is 26.0 Å². The van der Waals surface area contributed by atoms with Crippen molar-refractivity contribution in [3.05, 3.63) is 46.8 Å². The molecule has 0 atom stereocenters. The summed E-state index contributed by atoms with van der Waals surface area (Å²) in [6.45, 7) is 4.90. The summed E-state index contributed by atoms with van der Waals surface area (Å²) in [6.07, 6.45) is 1.12. The third kappa shape index (κ3) is 5.79. The maximum Gasteiger partial charge on any atom is 0.229 e. The highest BCUT2D eigenvalue weighted by Gasteiger charge is 2.09. The van der Waals surface area contributed by atoms with Gasteiger partial charge in [0.1, 0.15) is 5.76 Å². The van der Waals surface area contributed by atoms with Gasteiger partial charge in [-0.3, -0.25) is 9.71 Å². The van der Waals surface area contributed by atoms with Crippen LogP contribution in [-0.2, 0) is 23.1 Å². The lowest BCUT2D eigenvalue weighted by Crippen LogP contribution is -2.36. The first-order chi connectivity index (χ1) is 11.8. The number of guanidine groups is 1. The van der Waals surface area contributed by atoms with Gasteiger partial charge in [0.25, 0.3) is 0 Å². The number of benzene rings is 1. The van der Waals surface area contributed by atoms with Crippen molar-refractivity contribution in [3.63, 3.8) is 0 Å². The maximum absolute atomic E-state index is 11.2. The van der Waals surface area contributed by atoms with Crippen molar-refractivity contribution in [2.75, 3.05) is 18.0 Å². The molecule has 8 nitrogen and oxygen atoms in total. The van der Waals surface area contributed by atoms with Gasteiger partial charge in [0.2, 0.25) is 10.0 Å². The third-order valence-electron chi connectivity index (χ3n) is 3.55. The molecule has 0 saturated heterocycles. The highest BCUT2D eigenvalue weighted by Crippen LogP contribution is 2.12. The topological polar surface area (TPSA) is 109 Å². The molecule has 0 aliphatic rings. The number of sulfonamides is 1. The molecule has 0 aliphatic carbocycles. The number of aryl methyl sites for hydroxylation is 2. The first-order valence-corrected chi connectivity index (χ1v) is 9.60. The molecule has 0 radical (unpaired) electrons. The van der Waals surface area contributed by atoms with Crippen LogP contribution in [0.4, 0.5) is 5.69 Å². The average Bonchev–Trinajstić information content (AvgIpc) is 2.86. The van der Waals surface area contributed by atoms with Gasteiger partial charge < -0.3 is 15.2 Å². The van der Waals surface area contributed by atoms with Gasteiger partial charge in [0.05, 0.1) is 11.9 Å². The van der Waals surface area contributed by atoms with E-state index in [-0.39, 0.29) is 0 Å². The molecular formula is C16H23N5O3S. The summed E-state index contributed by atoms with van der Waals surface area (Å²) in [5.41, 5.74) is 3.40. The van der Waals surface area contributed by atoms with E-state index in [1.165, 1.54) is 0 Å². The van der Waals surface area contributed by atoms with Crippen LogP contribution in [0.3, 0.4) is 0 Å². The van der Waals surface area contributed by atoms with Crippen LogP contribution in [0.5, 0.6) is 0 Å². The van der Waals surface area contributed by atoms with Gasteiger partial charge in [0.15, 0.2) is 5.96 Å². The van der Waals surface area contributed by atoms with Gasteiger partial charge in [-0.05, 0) is 31.5 Å². The molecule has 0 saturated carbocycles. The Morgan fingerprint density at radius 3 is 2.32 bits per heavy atom. The quantitative estimate of drug-likeness (QED) is 0.529. The van der Waals surface area contributed by atoms with Crippen molar-refractivity contribution in [3.8, 4) is 0 Å². The molecule has 136 valence electrons. The number of nitrogens with zero attached hydrogens (tertiary/aromatic N) is 2. The first kappa shape index (κ1) is 18.8. The minimum Gasteiger partial charge on any atom is -0.361 e. The summed E-state index contributed by atoms with van der Waals surface area (Å²) in [5.74, 6) is 1.44. The van der Waals surface area contributed by atoms with E-state index in [4.69, 9.17) is 4.52 Å². The summed E-state index contributed by atoms with van der Waals surface area (Å²) < 4.78 is 30.0. The highest BCUT2D eigenvalue weighted by molar-refractivity contribution is 7.92. The van der Waals surface area contributed by atoms with Gasteiger partial charge in [-0.15, -0.1) is 0 Å². The molecule has 0 amide bonds. The molecule has 2 rings (SSSR count). The zero-order valence-electron chi connectivity index (χ0n) is 14.8. The molecule has 0 bridgehead atoms. The van der Waals surface area contributed by atoms with Crippen LogP contribution >= 0.6 is 0 Å². The smallest absolute Gasteiger partial charge is 0.229 e. The summed E-state index contributed by atoms with van der Waals surface area (Å²) in [7, 11) is -1.57. The molecule has 0 unspecified atom stereocenters. The first-order valence-electron chi connectivity index (χ1n) is 7.71. The fourth-order valence-electron chi connectivity index (χ4n) is 2.24. The fraction of sp³-hybridized carbons (Fsp3) is 0.375. The summed E-state index contributed by atoms with van der Waals surface area (Å²) in [4.78, 5) is 4.18. The Balaban J connectivity index is 1.88. The molecular weight excluding hydrogens is 342 g/mol. The van der Waals surface area contributed by atoms with Crippen LogP contribution in [0, 0.1) is 13.8 Å². The molecule has 0 spiro atoms. The number of hydrogen-bond acceptors (Lipinski definition) is 5. The monoisotopic (exact) mass is 365 g/mol. The predicted molar refractivity (Wildman–Crippen MR) is 97.9 cm³/mol. The zero-order valence-corrected chi connectivity index (χ0v) is 15.6. The van der Waals surface area contributed by atoms with Crippen LogP contribution in [0.15, 0.2) is 33.8 Å². The summed E-state index contributed by atoms with van der Waals surface area (Å²) in [6, 6.07) is 7.14. The minimum atomic E-state index is -3.26. The number of nitrogens with one attached hydrogen (secondary N) is 3. The Morgan fingerprint density at radius 2 is 1.80 bits per heavy atom. The van der Waals surface area contributed by atoms with E-state index in [9.17, 15) is 8.42 Å². The molecule has 9 heteroatoms. The Kier molecular flexibility index (Phi) is 6.02. The van der Waals surface area contributed by atoms with E-state index >= 15 is 0 Å². The third-order valence-corrected chi connectivity index (χ3v) is 4.16. The van der Waals surface area contributed by atoms with Crippen LogP contribution in [0.25, 0.3) is 0 Å². The van der Waals surface area contributed by atoms with Gasteiger partial charge in [-0.2, -0.15) is 0 Å². The van der Waals surface area contributed by atoms with Crippen LogP contribution in [-0.4, -0.2) is 32.8 Å². The number of aromatic nitrogens is 1. The summed E-state index contributed by atoms with van der Waals surface area (Å²) >= 11 is 0. The second-order valence-corrected chi connectivity index (χ2v) is 7.40. The van der Waals surface area contributed by atoms with Gasteiger partial charge in [-0.1, -0.05) is 17.3 Å². The van der Waals surface area contributed by atoms with Crippen LogP contribution < -0.4 is 15.4 Å². The Morgan fingerprint density at radius 1 is 1.16 bits per heavy atom. The molecule has 0 aliphatic heterocycles. The molecule has 1 aromatic heterocycles. The lowest BCUT2D eigenvalue weighted by molar-refractivity contribution is 0.392. The van der Waals surface area contributed by atoms with E-state index in [2.05, 4.69) is 25.5 Å². The molecule has 1 heterocycles. The second-order valence-electron chi connectivity index (χ2n) is 5.65. The highest BCUT2D eigenvalue weighted by atomic mass is 32.2. The van der Waals surface area contributed by atoms with Gasteiger partial charge >= 0.3 is 0 Å². The standard InChI is InChI=1S/C16H23N5O3S/c1-11-15(12(2)24-20-11)10-19-16(17-3)18-9-13-5-7-14(8-6-13)21-25(4,22)23/h5-8,21H,9-10H2,1-4H3,(H2,17,18,19). The zero-order chi connectivity index (χ0) is 18.4. The Labute approximate surface area is 147 Å². The van der Waals surface area contributed by atoms with E-state index in [1.54, 1.807) is 19.2 Å². The van der Waals surface area contributed by atoms with Crippen molar-refractivity contribution in [1.82, 2.24) is 15.8 Å². The van der Waals surface area contributed by atoms with E-state index < -0.39 is 10.0 Å². The fourth-order valence-corrected chi connectivity index (χ4v) is 2.80. The molecule has 3 N–H and O–H groups in total. The number of anilines is 1. The normalized spacial score (nSPS) is 12.1. The Hall–Kier alpha value is -2.55. The van der Waals surface area contributed by atoms with Crippen molar-refractivity contribution >= 4 is 21.7 Å². The number of aliphatic imine (C=N–C) groups is 1. The molecule has 1 aromatic carbocycles. The SMILES string of the molecule is CN=C(NCc1ccc(NS(C)(=O)=O)cc1)NCc1c(C)noc1C. The minimum absolute atomic E-state index is 0.534. The van der Waals surface area contributed by atoms with E-state index in [0.717, 1.165) is 28.8 Å². The predicted octanol–water partition coefficient (Wildman–Crippen LogP) is 1.53. The summed E-state index contributed by atoms with van der Waals surface area (Å²) in [5, 5.41) is 10.3. The number of rotatable bonds is 6. The molecule has 0 fully saturated rings. The van der Waals surface area contributed by atoms with Crippen LogP contribution in [0.1, 0.15) is 22.6 Å². The van der Waals surface area contributed by atoms with Crippen LogP contribution in [0.2, 0.25) is 0 Å². The number of hydrogen-bond donors (Lipinski definition) is 3. The maximum atomic E-state index is 11.2. The van der Waals surface area contributed by atoms with Crippen molar-refractivity contribution in [1.29, 1.82) is 0 Å². The van der Waals surface area contributed by atoms with Crippen molar-refractivity contribution < 1.29 is 12.9 Å².